The summed E-state index contributed by atoms with van der Waals surface area (Å²) < 4.78 is 2.50. The lowest BCUT2D eigenvalue weighted by molar-refractivity contribution is 0.0453. The molecule has 240 valence electrons. The average Bonchev–Trinajstić information content (AvgIpc) is 2.85. The number of rotatable bonds is 19. The van der Waals surface area contributed by atoms with Crippen molar-refractivity contribution < 1.29 is 15.3 Å². The molecular formula is C28H57N7O6. The van der Waals surface area contributed by atoms with Gasteiger partial charge in [0.2, 0.25) is 0 Å². The minimum Gasteiger partial charge on any atom is -0.391 e. The maximum absolute atomic E-state index is 13.4. The van der Waals surface area contributed by atoms with Crippen LogP contribution in [0.15, 0.2) is 14.4 Å². The Bertz CT molecular complexity index is 1070. The Kier molecular flexibility index (Phi) is 15.7. The molecule has 0 aromatic carbocycles. The number of aliphatic hydroxyl groups excluding tert-OH is 3. The van der Waals surface area contributed by atoms with Crippen molar-refractivity contribution >= 4 is 0 Å². The second-order valence-corrected chi connectivity index (χ2v) is 12.9. The summed E-state index contributed by atoms with van der Waals surface area (Å²) >= 11 is 0. The molecule has 1 aromatic rings. The number of aliphatic hydroxyl groups is 3. The summed E-state index contributed by atoms with van der Waals surface area (Å²) in [6.45, 7) is 12.2. The third kappa shape index (κ3) is 12.9. The summed E-state index contributed by atoms with van der Waals surface area (Å²) in [7, 11) is 7.94. The van der Waals surface area contributed by atoms with Crippen molar-refractivity contribution in [3.05, 3.63) is 31.5 Å². The maximum atomic E-state index is 13.4. The van der Waals surface area contributed by atoms with Crippen LogP contribution in [0.1, 0.15) is 47.5 Å². The molecule has 13 heteroatoms. The third-order valence-electron chi connectivity index (χ3n) is 7.06. The highest BCUT2D eigenvalue weighted by molar-refractivity contribution is 4.85. The van der Waals surface area contributed by atoms with Crippen LogP contribution in [0.25, 0.3) is 0 Å². The Morgan fingerprint density at radius 3 is 1.66 bits per heavy atom. The fraction of sp³-hybridized carbons (Fsp3) is 0.893. The molecule has 1 rings (SSSR count). The molecule has 4 N–H and O–H groups in total. The van der Waals surface area contributed by atoms with Gasteiger partial charge in [0.1, 0.15) is 0 Å². The van der Waals surface area contributed by atoms with E-state index in [1.54, 1.807) is 13.8 Å². The lowest BCUT2D eigenvalue weighted by Crippen LogP contribution is -2.58. The molecule has 0 amide bonds. The van der Waals surface area contributed by atoms with Gasteiger partial charge in [-0.25, -0.2) is 28.1 Å². The second-order valence-electron chi connectivity index (χ2n) is 12.9. The zero-order chi connectivity index (χ0) is 31.5. The Balaban J connectivity index is 3.28. The molecule has 0 aliphatic carbocycles. The predicted molar refractivity (Wildman–Crippen MR) is 163 cm³/mol. The first kappa shape index (κ1) is 37.2. The van der Waals surface area contributed by atoms with Crippen molar-refractivity contribution in [2.75, 3.05) is 67.5 Å². The Hall–Kier alpha value is -1.87. The van der Waals surface area contributed by atoms with E-state index < -0.39 is 35.4 Å². The molecule has 0 aliphatic rings. The predicted octanol–water partition coefficient (Wildman–Crippen LogP) is -1.50. The molecule has 0 fully saturated rings. The van der Waals surface area contributed by atoms with E-state index in [4.69, 9.17) is 0 Å². The first-order chi connectivity index (χ1) is 18.9. The molecule has 41 heavy (non-hydrogen) atoms. The monoisotopic (exact) mass is 587 g/mol. The van der Waals surface area contributed by atoms with Gasteiger partial charge in [0.15, 0.2) is 0 Å². The maximum Gasteiger partial charge on any atom is 0.336 e. The van der Waals surface area contributed by atoms with E-state index in [9.17, 15) is 29.7 Å². The number of nitrogens with zero attached hydrogens (tertiary/aromatic N) is 6. The molecule has 1 heterocycles. The first-order valence-corrected chi connectivity index (χ1v) is 14.7. The van der Waals surface area contributed by atoms with Crippen LogP contribution in [0.5, 0.6) is 0 Å². The van der Waals surface area contributed by atoms with Crippen LogP contribution < -0.4 is 22.4 Å². The van der Waals surface area contributed by atoms with E-state index in [1.807, 2.05) is 53.9 Å². The largest absolute Gasteiger partial charge is 0.391 e. The zero-order valence-electron chi connectivity index (χ0n) is 26.8. The van der Waals surface area contributed by atoms with E-state index in [1.165, 1.54) is 0 Å². The van der Waals surface area contributed by atoms with Crippen molar-refractivity contribution in [2.45, 2.75) is 90.9 Å². The van der Waals surface area contributed by atoms with Gasteiger partial charge in [-0.1, -0.05) is 13.8 Å². The average molecular weight is 588 g/mol. The minimum atomic E-state index is -1.07. The van der Waals surface area contributed by atoms with Gasteiger partial charge in [-0.05, 0) is 93.9 Å². The second kappa shape index (κ2) is 17.3. The summed E-state index contributed by atoms with van der Waals surface area (Å²) in [4.78, 5) is 46.3. The van der Waals surface area contributed by atoms with Gasteiger partial charge in [-0.15, -0.1) is 0 Å². The SMILES string of the molecule is CC(C)C(O)Cn1c(=O)n(CC(O)CNCCCN(C)C)c(=O)n(CC(O)CN(CCCN(C)C)C(C)(C)C)c1=O. The summed E-state index contributed by atoms with van der Waals surface area (Å²) in [5.74, 6) is -0.236. The summed E-state index contributed by atoms with van der Waals surface area (Å²) in [6, 6.07) is 0. The molecule has 13 nitrogen and oxygen atoms in total. The van der Waals surface area contributed by atoms with Gasteiger partial charge in [-0.2, -0.15) is 0 Å². The molecular weight excluding hydrogens is 530 g/mol. The highest BCUT2D eigenvalue weighted by atomic mass is 16.3. The minimum absolute atomic E-state index is 0.156. The van der Waals surface area contributed by atoms with Crippen LogP contribution in [0.4, 0.5) is 0 Å². The van der Waals surface area contributed by atoms with Crippen molar-refractivity contribution in [1.29, 1.82) is 0 Å². The van der Waals surface area contributed by atoms with E-state index >= 15 is 0 Å². The van der Waals surface area contributed by atoms with Crippen molar-refractivity contribution in [3.63, 3.8) is 0 Å². The number of nitrogens with one attached hydrogen (secondary N) is 1. The molecule has 0 spiro atoms. The lowest BCUT2D eigenvalue weighted by Gasteiger charge is -2.37. The number of β-amino-alcohol motifs (C(OH)–C–C–N with tert-alkyl or cyclic N) is 1. The van der Waals surface area contributed by atoms with Gasteiger partial charge < -0.3 is 30.4 Å². The van der Waals surface area contributed by atoms with Crippen LogP contribution in [-0.4, -0.2) is 135 Å². The van der Waals surface area contributed by atoms with E-state index in [-0.39, 0.29) is 44.2 Å². The molecule has 3 atom stereocenters. The van der Waals surface area contributed by atoms with Gasteiger partial charge in [0.05, 0.1) is 37.9 Å². The first-order valence-electron chi connectivity index (χ1n) is 14.7. The highest BCUT2D eigenvalue weighted by Gasteiger charge is 2.26. The molecule has 0 bridgehead atoms. The quantitative estimate of drug-likeness (QED) is 0.141. The van der Waals surface area contributed by atoms with Crippen LogP contribution in [0.3, 0.4) is 0 Å². The van der Waals surface area contributed by atoms with Crippen molar-refractivity contribution in [3.8, 4) is 0 Å². The van der Waals surface area contributed by atoms with E-state index in [0.717, 1.165) is 39.6 Å². The Morgan fingerprint density at radius 1 is 0.732 bits per heavy atom. The Labute approximate surface area is 245 Å². The summed E-state index contributed by atoms with van der Waals surface area (Å²) in [5, 5.41) is 35.2. The van der Waals surface area contributed by atoms with Crippen LogP contribution in [0, 0.1) is 5.92 Å². The molecule has 0 radical (unpaired) electrons. The van der Waals surface area contributed by atoms with Crippen LogP contribution in [-0.2, 0) is 19.6 Å². The molecule has 1 aromatic heterocycles. The van der Waals surface area contributed by atoms with Crippen LogP contribution in [0.2, 0.25) is 0 Å². The third-order valence-corrected chi connectivity index (χ3v) is 7.06. The van der Waals surface area contributed by atoms with E-state index in [2.05, 4.69) is 15.1 Å². The summed E-state index contributed by atoms with van der Waals surface area (Å²) in [6.07, 6.45) is -1.39. The smallest absolute Gasteiger partial charge is 0.336 e. The standard InChI is InChI=1S/C28H57N7O6/c1-21(2)24(38)20-35-26(40)33(18-22(36)16-29-12-10-13-30(6)7)25(39)34(27(35)41)19-23(37)17-32(28(3,4)5)15-11-14-31(8)9/h21-24,29,36-38H,10-20H2,1-9H3. The van der Waals surface area contributed by atoms with Gasteiger partial charge in [-0.3, -0.25) is 4.90 Å². The summed E-state index contributed by atoms with van der Waals surface area (Å²) in [5.41, 5.74) is -2.93. The number of hydrogen-bond donors (Lipinski definition) is 4. The number of aromatic nitrogens is 3. The highest BCUT2D eigenvalue weighted by Crippen LogP contribution is 2.14. The molecule has 3 unspecified atom stereocenters. The van der Waals surface area contributed by atoms with Crippen molar-refractivity contribution in [2.24, 2.45) is 5.92 Å². The molecule has 0 saturated heterocycles. The van der Waals surface area contributed by atoms with E-state index in [0.29, 0.717) is 13.1 Å². The van der Waals surface area contributed by atoms with Crippen LogP contribution >= 0.6 is 0 Å². The van der Waals surface area contributed by atoms with Gasteiger partial charge in [0, 0.05) is 18.6 Å². The fourth-order valence-electron chi connectivity index (χ4n) is 4.41. The Morgan fingerprint density at radius 2 is 1.20 bits per heavy atom. The van der Waals surface area contributed by atoms with Crippen molar-refractivity contribution in [1.82, 2.24) is 33.7 Å². The number of hydrogen-bond acceptors (Lipinski definition) is 10. The lowest BCUT2D eigenvalue weighted by atomic mass is 10.0. The van der Waals surface area contributed by atoms with Gasteiger partial charge in [0.25, 0.3) is 0 Å². The molecule has 0 aliphatic heterocycles. The normalized spacial score (nSPS) is 14.9. The molecule has 0 saturated carbocycles. The fourth-order valence-corrected chi connectivity index (χ4v) is 4.41. The topological polar surface area (TPSA) is 148 Å². The zero-order valence-corrected chi connectivity index (χ0v) is 26.8. The van der Waals surface area contributed by atoms with Gasteiger partial charge >= 0.3 is 17.1 Å².